The van der Waals surface area contributed by atoms with Gasteiger partial charge in [0.1, 0.15) is 0 Å². The fourth-order valence-corrected chi connectivity index (χ4v) is 1.79. The van der Waals surface area contributed by atoms with Crippen LogP contribution in [0.5, 0.6) is 0 Å². The molecule has 0 saturated carbocycles. The lowest BCUT2D eigenvalue weighted by molar-refractivity contribution is 0.0684. The van der Waals surface area contributed by atoms with Crippen LogP contribution in [0.25, 0.3) is 17.0 Å². The van der Waals surface area contributed by atoms with E-state index in [1.807, 2.05) is 31.2 Å². The third-order valence-corrected chi connectivity index (χ3v) is 2.72. The van der Waals surface area contributed by atoms with Crippen molar-refractivity contribution < 1.29 is 9.90 Å². The normalized spacial score (nSPS) is 10.9. The Hall–Kier alpha value is -2.63. The maximum absolute atomic E-state index is 10.8. The number of aromatic amines is 1. The second-order valence-corrected chi connectivity index (χ2v) is 4.02. The van der Waals surface area contributed by atoms with Gasteiger partial charge in [0.2, 0.25) is 5.82 Å². The van der Waals surface area contributed by atoms with Gasteiger partial charge in [-0.1, -0.05) is 29.8 Å². The van der Waals surface area contributed by atoms with Crippen molar-refractivity contribution >= 4 is 11.7 Å². The van der Waals surface area contributed by atoms with E-state index in [0.717, 1.165) is 16.8 Å². The van der Waals surface area contributed by atoms with E-state index < -0.39 is 5.97 Å². The van der Waals surface area contributed by atoms with Gasteiger partial charge in [-0.05, 0) is 6.92 Å². The smallest absolute Gasteiger partial charge is 0.373 e. The minimum atomic E-state index is -1.10. The molecule has 0 atom stereocenters. The van der Waals surface area contributed by atoms with Crippen LogP contribution in [-0.4, -0.2) is 30.7 Å². The number of hydrogen-bond donors (Lipinski definition) is 2. The molecule has 6 heteroatoms. The van der Waals surface area contributed by atoms with Crippen LogP contribution in [0.1, 0.15) is 16.2 Å². The van der Waals surface area contributed by atoms with Gasteiger partial charge < -0.3 is 5.11 Å². The Morgan fingerprint density at radius 1 is 1.33 bits per heavy atom. The molecule has 0 fully saturated rings. The Morgan fingerprint density at radius 3 is 2.72 bits per heavy atom. The number of carbonyl (C=O) groups is 1. The van der Waals surface area contributed by atoms with Crippen LogP contribution in [0, 0.1) is 6.92 Å². The summed E-state index contributed by atoms with van der Waals surface area (Å²) in [4.78, 5) is 18.8. The predicted molar refractivity (Wildman–Crippen MR) is 64.5 cm³/mol. The number of hydrogen-bond acceptors (Lipinski definition) is 3. The topological polar surface area (TPSA) is 83.3 Å². The number of aryl methyl sites for hydroxylation is 1. The highest BCUT2D eigenvalue weighted by molar-refractivity contribution is 5.83. The van der Waals surface area contributed by atoms with Gasteiger partial charge in [0.05, 0.1) is 11.9 Å². The molecule has 0 spiro atoms. The molecule has 18 heavy (non-hydrogen) atoms. The van der Waals surface area contributed by atoms with Crippen molar-refractivity contribution in [2.75, 3.05) is 0 Å². The van der Waals surface area contributed by atoms with Gasteiger partial charge in [0, 0.05) is 5.56 Å². The van der Waals surface area contributed by atoms with Crippen molar-refractivity contribution in [1.82, 2.24) is 19.6 Å². The van der Waals surface area contributed by atoms with Crippen molar-refractivity contribution in [3.63, 3.8) is 0 Å². The largest absolute Gasteiger partial charge is 0.475 e. The highest BCUT2D eigenvalue weighted by atomic mass is 16.4. The first-order chi connectivity index (χ1) is 8.65. The van der Waals surface area contributed by atoms with E-state index in [0.29, 0.717) is 5.78 Å². The van der Waals surface area contributed by atoms with Crippen LogP contribution in [0.3, 0.4) is 0 Å². The quantitative estimate of drug-likeness (QED) is 0.716. The van der Waals surface area contributed by atoms with Crippen LogP contribution >= 0.6 is 0 Å². The highest BCUT2D eigenvalue weighted by Crippen LogP contribution is 2.20. The monoisotopic (exact) mass is 242 g/mol. The lowest BCUT2D eigenvalue weighted by atomic mass is 10.1. The maximum atomic E-state index is 10.8. The number of imidazole rings is 1. The van der Waals surface area contributed by atoms with E-state index in [1.165, 1.54) is 0 Å². The molecule has 0 saturated heterocycles. The molecule has 0 aliphatic rings. The Labute approximate surface area is 102 Å². The lowest BCUT2D eigenvalue weighted by Gasteiger charge is -1.99. The van der Waals surface area contributed by atoms with E-state index in [2.05, 4.69) is 15.1 Å². The number of carboxylic acids is 1. The number of aromatic nitrogens is 4. The van der Waals surface area contributed by atoms with E-state index in [-0.39, 0.29) is 5.82 Å². The van der Waals surface area contributed by atoms with Gasteiger partial charge in [-0.25, -0.2) is 14.3 Å². The first kappa shape index (κ1) is 10.5. The molecule has 3 rings (SSSR count). The number of benzene rings is 1. The van der Waals surface area contributed by atoms with E-state index in [1.54, 1.807) is 10.7 Å². The Bertz CT molecular complexity index is 724. The molecule has 0 bridgehead atoms. The summed E-state index contributed by atoms with van der Waals surface area (Å²) < 4.78 is 1.56. The molecule has 1 aromatic carbocycles. The van der Waals surface area contributed by atoms with E-state index >= 15 is 0 Å². The van der Waals surface area contributed by atoms with E-state index in [9.17, 15) is 4.79 Å². The molecule has 0 aliphatic carbocycles. The standard InChI is InChI=1S/C12H10N4O2/c1-7-2-4-8(5-3-7)9-6-13-12-14-10(11(17)18)15-16(9)12/h2-6H,1H3,(H,17,18)(H,13,14,15). The molecule has 0 unspecified atom stereocenters. The summed E-state index contributed by atoms with van der Waals surface area (Å²) in [7, 11) is 0. The summed E-state index contributed by atoms with van der Waals surface area (Å²) in [5, 5.41) is 11.6. The zero-order valence-corrected chi connectivity index (χ0v) is 9.58. The van der Waals surface area contributed by atoms with Crippen LogP contribution in [0.2, 0.25) is 0 Å². The van der Waals surface area contributed by atoms with Gasteiger partial charge in [0.25, 0.3) is 5.78 Å². The van der Waals surface area contributed by atoms with Crippen LogP contribution in [-0.2, 0) is 0 Å². The highest BCUT2D eigenvalue weighted by Gasteiger charge is 2.14. The fourth-order valence-electron chi connectivity index (χ4n) is 1.79. The predicted octanol–water partition coefficient (Wildman–Crippen LogP) is 1.73. The van der Waals surface area contributed by atoms with Gasteiger partial charge in [-0.3, -0.25) is 5.10 Å². The fraction of sp³-hybridized carbons (Fsp3) is 0.0833. The average molecular weight is 242 g/mol. The number of rotatable bonds is 2. The third-order valence-electron chi connectivity index (χ3n) is 2.72. The first-order valence-electron chi connectivity index (χ1n) is 5.39. The summed E-state index contributed by atoms with van der Waals surface area (Å²) >= 11 is 0. The molecule has 3 aromatic rings. The average Bonchev–Trinajstić information content (AvgIpc) is 2.89. The zero-order valence-electron chi connectivity index (χ0n) is 9.58. The third kappa shape index (κ3) is 1.55. The van der Waals surface area contributed by atoms with Gasteiger partial charge in [-0.15, -0.1) is 0 Å². The van der Waals surface area contributed by atoms with Crippen LogP contribution < -0.4 is 0 Å². The van der Waals surface area contributed by atoms with Crippen molar-refractivity contribution in [3.05, 3.63) is 41.9 Å². The molecule has 6 nitrogen and oxygen atoms in total. The molecule has 2 aromatic heterocycles. The van der Waals surface area contributed by atoms with Crippen molar-refractivity contribution in [2.45, 2.75) is 6.92 Å². The first-order valence-corrected chi connectivity index (χ1v) is 5.39. The van der Waals surface area contributed by atoms with Crippen molar-refractivity contribution in [2.24, 2.45) is 0 Å². The maximum Gasteiger partial charge on any atom is 0.373 e. The number of fused-ring (bicyclic) bond motifs is 1. The second kappa shape index (κ2) is 3.69. The number of nitrogens with zero attached hydrogens (tertiary/aromatic N) is 3. The molecular weight excluding hydrogens is 232 g/mol. The lowest BCUT2D eigenvalue weighted by Crippen LogP contribution is -2.00. The summed E-state index contributed by atoms with van der Waals surface area (Å²) in [6, 6.07) is 7.90. The molecule has 2 heterocycles. The Kier molecular flexibility index (Phi) is 2.16. The zero-order chi connectivity index (χ0) is 12.7. The van der Waals surface area contributed by atoms with Crippen molar-refractivity contribution in [1.29, 1.82) is 0 Å². The van der Waals surface area contributed by atoms with Gasteiger partial charge in [-0.2, -0.15) is 4.98 Å². The Balaban J connectivity index is 2.17. The Morgan fingerprint density at radius 2 is 2.06 bits per heavy atom. The van der Waals surface area contributed by atoms with E-state index in [4.69, 9.17) is 5.11 Å². The number of aromatic carboxylic acids is 1. The summed E-state index contributed by atoms with van der Waals surface area (Å²) in [6.45, 7) is 2.01. The SMILES string of the molecule is Cc1ccc(-c2cnc3nc(C(=O)O)[nH]n23)cc1. The molecule has 90 valence electrons. The summed E-state index contributed by atoms with van der Waals surface area (Å²) in [5.74, 6) is -0.871. The molecule has 0 aliphatic heterocycles. The number of H-pyrrole nitrogens is 1. The second-order valence-electron chi connectivity index (χ2n) is 4.02. The molecule has 0 amide bonds. The molecule has 2 N–H and O–H groups in total. The molecular formula is C12H10N4O2. The van der Waals surface area contributed by atoms with Crippen LogP contribution in [0.15, 0.2) is 30.5 Å². The van der Waals surface area contributed by atoms with Crippen molar-refractivity contribution in [3.8, 4) is 11.3 Å². The minimum absolute atomic E-state index is 0.119. The number of nitrogens with one attached hydrogen (secondary N) is 1. The minimum Gasteiger partial charge on any atom is -0.475 e. The van der Waals surface area contributed by atoms with Gasteiger partial charge in [0.15, 0.2) is 0 Å². The summed E-state index contributed by atoms with van der Waals surface area (Å²) in [6.07, 6.45) is 1.66. The van der Waals surface area contributed by atoms with Gasteiger partial charge >= 0.3 is 5.97 Å². The van der Waals surface area contributed by atoms with Crippen LogP contribution in [0.4, 0.5) is 0 Å². The number of carboxylic acid groups (broad SMARTS) is 1. The molecule has 0 radical (unpaired) electrons. The summed E-state index contributed by atoms with van der Waals surface area (Å²) in [5.41, 5.74) is 2.90.